The van der Waals surface area contributed by atoms with Crippen LogP contribution in [0.3, 0.4) is 0 Å². The normalized spacial score (nSPS) is 22.2. The first kappa shape index (κ1) is 34.6. The van der Waals surface area contributed by atoms with Crippen LogP contribution in [0.25, 0.3) is 11.0 Å². The van der Waals surface area contributed by atoms with Gasteiger partial charge in [-0.05, 0) is 30.6 Å². The third-order valence-electron chi connectivity index (χ3n) is 11.0. The number of methoxy groups -OCH3 is 4. The van der Waals surface area contributed by atoms with E-state index in [9.17, 15) is 29.1 Å². The molecule has 0 spiro atoms. The fraction of sp³-hybridized carbons (Fsp3) is 0.405. The number of aryl methyl sites for hydroxylation is 2. The van der Waals surface area contributed by atoms with Crippen molar-refractivity contribution in [1.29, 1.82) is 0 Å². The number of Topliss-reactive ketones (excluding diaryl/α,β-unsaturated/α-hetero) is 1. The monoisotopic (exact) mass is 713 g/mol. The van der Waals surface area contributed by atoms with Crippen molar-refractivity contribution >= 4 is 22.6 Å². The van der Waals surface area contributed by atoms with E-state index in [2.05, 4.69) is 4.98 Å². The van der Waals surface area contributed by atoms with Crippen LogP contribution in [-0.2, 0) is 36.1 Å². The molecule has 15 heteroatoms. The number of aromatic hydroxyl groups is 1. The Kier molecular flexibility index (Phi) is 8.26. The molecular formula is C37H39N5O10. The molecule has 2 aromatic carbocycles. The molecule has 0 radical (unpaired) electrons. The van der Waals surface area contributed by atoms with Crippen molar-refractivity contribution in [3.63, 3.8) is 0 Å². The van der Waals surface area contributed by atoms with Gasteiger partial charge in [0, 0.05) is 61.7 Å². The Morgan fingerprint density at radius 3 is 2.17 bits per heavy atom. The number of aromatic nitrogens is 5. The number of ether oxygens (including phenoxy) is 4. The molecule has 52 heavy (non-hydrogen) atoms. The molecule has 1 N–H and O–H groups in total. The zero-order valence-corrected chi connectivity index (χ0v) is 29.9. The summed E-state index contributed by atoms with van der Waals surface area (Å²) in [5.74, 6) is -0.969. The van der Waals surface area contributed by atoms with E-state index >= 15 is 0 Å². The lowest BCUT2D eigenvalue weighted by atomic mass is 9.50. The number of hydrogen-bond donors (Lipinski definition) is 1. The molecule has 0 amide bonds. The maximum absolute atomic E-state index is 14.3. The quantitative estimate of drug-likeness (QED) is 0.266. The molecule has 2 aliphatic carbocycles. The highest BCUT2D eigenvalue weighted by atomic mass is 16.5. The van der Waals surface area contributed by atoms with Crippen molar-refractivity contribution in [2.45, 2.75) is 51.7 Å². The molecule has 0 saturated heterocycles. The SMILES string of the molecule is COc1cc2nc(CCn3c(=O)n4n(c3=O)[C@@H]3C[C@H]5C(=O)C=C(C)C(=O)[C@@]5(C)[C@@H](c5c(OC)cc(O)cc5OC)C3=CC4)c(=O)n(C)c2cc1OC. The summed E-state index contributed by atoms with van der Waals surface area (Å²) in [4.78, 5) is 74.1. The smallest absolute Gasteiger partial charge is 0.347 e. The third kappa shape index (κ3) is 4.85. The standard InChI is InChI=1S/C37H39N5O10/c1-18-12-26(44)21-15-24-20(32(37(21,2)33(18)45)31-29(51-6)13-19(43)14-30(31)52-7)8-11-41-35(47)40(36(48)42(24)41)10-9-22-34(46)39(3)25-17-28(50-5)27(49-4)16-23(25)38-22/h8,12-14,16-17,21,24,32,43H,9-11,15H2,1-7H3/t21-,24+,32+,37+/m0/s1. The molecule has 7 rings (SSSR count). The van der Waals surface area contributed by atoms with E-state index in [4.69, 9.17) is 18.9 Å². The van der Waals surface area contributed by atoms with Gasteiger partial charge in [-0.15, -0.1) is 0 Å². The van der Waals surface area contributed by atoms with Crippen LogP contribution < -0.4 is 35.9 Å². The van der Waals surface area contributed by atoms with E-state index in [1.165, 1.54) is 60.6 Å². The van der Waals surface area contributed by atoms with E-state index < -0.39 is 40.2 Å². The van der Waals surface area contributed by atoms with Gasteiger partial charge in [-0.1, -0.05) is 13.0 Å². The number of hydrogen-bond acceptors (Lipinski definition) is 11. The number of rotatable bonds is 8. The topological polar surface area (TPSA) is 175 Å². The van der Waals surface area contributed by atoms with E-state index in [-0.39, 0.29) is 60.4 Å². The minimum absolute atomic E-state index is 0.00143. The lowest BCUT2D eigenvalue weighted by Gasteiger charge is -2.52. The highest BCUT2D eigenvalue weighted by molar-refractivity contribution is 6.13. The van der Waals surface area contributed by atoms with Crippen molar-refractivity contribution in [3.8, 4) is 28.7 Å². The lowest BCUT2D eigenvalue weighted by molar-refractivity contribution is -0.139. The molecule has 1 fully saturated rings. The van der Waals surface area contributed by atoms with Gasteiger partial charge in [0.2, 0.25) is 0 Å². The second-order valence-electron chi connectivity index (χ2n) is 13.6. The first-order valence-electron chi connectivity index (χ1n) is 16.8. The Labute approximate surface area is 296 Å². The van der Waals surface area contributed by atoms with Gasteiger partial charge in [0.15, 0.2) is 23.1 Å². The fourth-order valence-corrected chi connectivity index (χ4v) is 8.50. The summed E-state index contributed by atoms with van der Waals surface area (Å²) < 4.78 is 27.4. The third-order valence-corrected chi connectivity index (χ3v) is 11.0. The van der Waals surface area contributed by atoms with Crippen molar-refractivity contribution in [1.82, 2.24) is 23.5 Å². The number of phenolic OH excluding ortho intramolecular Hbond substituents is 1. The van der Waals surface area contributed by atoms with Crippen molar-refractivity contribution in [2.75, 3.05) is 28.4 Å². The molecule has 0 bridgehead atoms. The van der Waals surface area contributed by atoms with Crippen molar-refractivity contribution in [2.24, 2.45) is 18.4 Å². The summed E-state index contributed by atoms with van der Waals surface area (Å²) in [6.07, 6.45) is 3.22. The fourth-order valence-electron chi connectivity index (χ4n) is 8.50. The van der Waals surface area contributed by atoms with Gasteiger partial charge in [-0.25, -0.2) is 28.5 Å². The largest absolute Gasteiger partial charge is 0.508 e. The Bertz CT molecular complexity index is 2420. The maximum Gasteiger partial charge on any atom is 0.347 e. The van der Waals surface area contributed by atoms with E-state index in [0.717, 1.165) is 4.57 Å². The number of carbonyl (C=O) groups excluding carboxylic acids is 2. The average molecular weight is 714 g/mol. The van der Waals surface area contributed by atoms with Gasteiger partial charge < -0.3 is 28.6 Å². The van der Waals surface area contributed by atoms with Crippen molar-refractivity contribution in [3.05, 3.63) is 90.1 Å². The molecule has 3 aliphatic rings. The first-order chi connectivity index (χ1) is 24.8. The van der Waals surface area contributed by atoms with Crippen LogP contribution >= 0.6 is 0 Å². The van der Waals surface area contributed by atoms with Gasteiger partial charge in [0.25, 0.3) is 5.56 Å². The Morgan fingerprint density at radius 1 is 0.904 bits per heavy atom. The molecule has 1 aliphatic heterocycles. The zero-order valence-electron chi connectivity index (χ0n) is 29.9. The maximum atomic E-state index is 14.3. The molecule has 2 aromatic heterocycles. The molecule has 1 saturated carbocycles. The number of nitrogens with zero attached hydrogens (tertiary/aromatic N) is 5. The summed E-state index contributed by atoms with van der Waals surface area (Å²) in [6.45, 7) is 3.22. The second-order valence-corrected chi connectivity index (χ2v) is 13.6. The number of ketones is 2. The van der Waals surface area contributed by atoms with Crippen LogP contribution in [0.1, 0.15) is 43.5 Å². The van der Waals surface area contributed by atoms with Gasteiger partial charge >= 0.3 is 11.4 Å². The first-order valence-corrected chi connectivity index (χ1v) is 16.8. The van der Waals surface area contributed by atoms with Gasteiger partial charge in [0.05, 0.1) is 57.5 Å². The Balaban J connectivity index is 1.34. The molecule has 3 heterocycles. The Hall–Kier alpha value is -5.86. The molecule has 15 nitrogen and oxygen atoms in total. The van der Waals surface area contributed by atoms with Crippen LogP contribution in [0.5, 0.6) is 28.7 Å². The summed E-state index contributed by atoms with van der Waals surface area (Å²) in [5, 5.41) is 10.5. The predicted octanol–water partition coefficient (Wildman–Crippen LogP) is 2.43. The number of phenols is 1. The van der Waals surface area contributed by atoms with Crippen LogP contribution in [0, 0.1) is 11.3 Å². The summed E-state index contributed by atoms with van der Waals surface area (Å²) in [5.41, 5.74) is -0.382. The second kappa shape index (κ2) is 12.4. The number of carbonyl (C=O) groups is 2. The predicted molar refractivity (Wildman–Crippen MR) is 188 cm³/mol. The number of benzene rings is 2. The van der Waals surface area contributed by atoms with Crippen LogP contribution in [0.4, 0.5) is 0 Å². The average Bonchev–Trinajstić information content (AvgIpc) is 3.38. The van der Waals surface area contributed by atoms with Crippen LogP contribution in [0.2, 0.25) is 0 Å². The van der Waals surface area contributed by atoms with Gasteiger partial charge in [-0.3, -0.25) is 14.4 Å². The minimum Gasteiger partial charge on any atom is -0.508 e. The zero-order chi connectivity index (χ0) is 37.4. The number of fused-ring (bicyclic) bond motifs is 5. The van der Waals surface area contributed by atoms with E-state index in [0.29, 0.717) is 39.2 Å². The van der Waals surface area contributed by atoms with E-state index in [1.54, 1.807) is 33.0 Å². The lowest BCUT2D eigenvalue weighted by Crippen LogP contribution is -2.54. The molecular weight excluding hydrogens is 674 g/mol. The summed E-state index contributed by atoms with van der Waals surface area (Å²) >= 11 is 0. The van der Waals surface area contributed by atoms with Crippen LogP contribution in [-0.4, -0.2) is 68.6 Å². The van der Waals surface area contributed by atoms with Crippen molar-refractivity contribution < 1.29 is 33.6 Å². The number of allylic oxidation sites excluding steroid dienone is 4. The summed E-state index contributed by atoms with van der Waals surface area (Å²) in [6, 6.07) is 5.35. The Morgan fingerprint density at radius 2 is 1.54 bits per heavy atom. The molecule has 0 unspecified atom stereocenters. The molecule has 4 aromatic rings. The van der Waals surface area contributed by atoms with Gasteiger partial charge in [0.1, 0.15) is 22.9 Å². The van der Waals surface area contributed by atoms with Crippen LogP contribution in [0.15, 0.2) is 61.9 Å². The molecule has 4 atom stereocenters. The minimum atomic E-state index is -1.31. The highest BCUT2D eigenvalue weighted by Gasteiger charge is 2.60. The van der Waals surface area contributed by atoms with E-state index in [1.807, 2.05) is 6.08 Å². The highest BCUT2D eigenvalue weighted by Crippen LogP contribution is 2.62. The summed E-state index contributed by atoms with van der Waals surface area (Å²) in [7, 11) is 7.45. The van der Waals surface area contributed by atoms with Gasteiger partial charge in [-0.2, -0.15) is 0 Å². The molecule has 272 valence electrons.